The summed E-state index contributed by atoms with van der Waals surface area (Å²) < 4.78 is 0. The molecule has 1 rings (SSSR count). The third-order valence-corrected chi connectivity index (χ3v) is 2.87. The summed E-state index contributed by atoms with van der Waals surface area (Å²) in [5, 5.41) is 20.1. The number of urea groups is 1. The first kappa shape index (κ1) is 14.0. The number of carboxylic acids is 1. The lowest BCUT2D eigenvalue weighted by Gasteiger charge is -2.22. The Morgan fingerprint density at radius 3 is 2.78 bits per heavy atom. The fourth-order valence-electron chi connectivity index (χ4n) is 1.83. The number of nitriles is 1. The predicted octanol–water partition coefficient (Wildman–Crippen LogP) is 0.961. The summed E-state index contributed by atoms with van der Waals surface area (Å²) in [6, 6.07) is 1.49. The first-order valence-electron chi connectivity index (χ1n) is 5.92. The van der Waals surface area contributed by atoms with Crippen LogP contribution >= 0.6 is 0 Å². The highest BCUT2D eigenvalue weighted by atomic mass is 16.4. The van der Waals surface area contributed by atoms with Gasteiger partial charge in [-0.2, -0.15) is 5.26 Å². The maximum Gasteiger partial charge on any atom is 0.317 e. The normalized spacial score (nSPS) is 21.3. The van der Waals surface area contributed by atoms with Gasteiger partial charge in [0.05, 0.1) is 24.4 Å². The van der Waals surface area contributed by atoms with Crippen LogP contribution in [0.1, 0.15) is 19.8 Å². The fourth-order valence-corrected chi connectivity index (χ4v) is 1.83. The molecule has 0 bridgehead atoms. The minimum Gasteiger partial charge on any atom is -0.481 e. The second kappa shape index (κ2) is 6.64. The Hall–Kier alpha value is -2.03. The van der Waals surface area contributed by atoms with Gasteiger partial charge >= 0.3 is 12.0 Å². The summed E-state index contributed by atoms with van der Waals surface area (Å²) in [5.74, 6) is -1.40. The van der Waals surface area contributed by atoms with Gasteiger partial charge in [-0.3, -0.25) is 4.79 Å². The van der Waals surface area contributed by atoms with Crippen molar-refractivity contribution in [2.24, 2.45) is 5.92 Å². The van der Waals surface area contributed by atoms with E-state index in [1.54, 1.807) is 12.2 Å². The summed E-state index contributed by atoms with van der Waals surface area (Å²) in [6.45, 7) is 2.74. The van der Waals surface area contributed by atoms with E-state index in [9.17, 15) is 9.59 Å². The zero-order valence-electron chi connectivity index (χ0n) is 10.3. The van der Waals surface area contributed by atoms with Crippen molar-refractivity contribution in [1.29, 1.82) is 5.26 Å². The van der Waals surface area contributed by atoms with Gasteiger partial charge in [0.25, 0.3) is 0 Å². The van der Waals surface area contributed by atoms with E-state index < -0.39 is 11.9 Å². The molecule has 0 aromatic heterocycles. The Morgan fingerprint density at radius 2 is 2.28 bits per heavy atom. The molecule has 0 aliphatic heterocycles. The topological polar surface area (TPSA) is 93.4 Å². The second-order valence-corrected chi connectivity index (χ2v) is 4.11. The maximum atomic E-state index is 11.8. The van der Waals surface area contributed by atoms with Crippen LogP contribution in [-0.4, -0.2) is 41.1 Å². The van der Waals surface area contributed by atoms with E-state index in [-0.39, 0.29) is 12.1 Å². The number of nitrogens with one attached hydrogen (secondary N) is 1. The largest absolute Gasteiger partial charge is 0.481 e. The first-order valence-corrected chi connectivity index (χ1v) is 5.92. The molecule has 98 valence electrons. The highest BCUT2D eigenvalue weighted by Crippen LogP contribution is 2.18. The fraction of sp³-hybridized carbons (Fsp3) is 0.583. The molecule has 0 radical (unpaired) electrons. The van der Waals surface area contributed by atoms with E-state index in [1.165, 1.54) is 4.90 Å². The number of hydrogen-bond donors (Lipinski definition) is 2. The van der Waals surface area contributed by atoms with E-state index >= 15 is 0 Å². The SMILES string of the molecule is CCN(CCC#N)C(=O)NC1C=CC(C(=O)O)C1. The molecule has 1 aliphatic rings. The van der Waals surface area contributed by atoms with E-state index in [0.717, 1.165) is 0 Å². The van der Waals surface area contributed by atoms with Gasteiger partial charge in [0.1, 0.15) is 0 Å². The van der Waals surface area contributed by atoms with Gasteiger partial charge in [-0.05, 0) is 13.3 Å². The molecule has 18 heavy (non-hydrogen) atoms. The summed E-state index contributed by atoms with van der Waals surface area (Å²) in [7, 11) is 0. The Labute approximate surface area is 106 Å². The van der Waals surface area contributed by atoms with E-state index in [2.05, 4.69) is 5.32 Å². The number of carboxylic acid groups (broad SMARTS) is 1. The van der Waals surface area contributed by atoms with Crippen LogP contribution in [0.25, 0.3) is 0 Å². The lowest BCUT2D eigenvalue weighted by Crippen LogP contribution is -2.44. The third kappa shape index (κ3) is 3.77. The molecule has 0 spiro atoms. The summed E-state index contributed by atoms with van der Waals surface area (Å²) in [6.07, 6.45) is 3.98. The summed E-state index contributed by atoms with van der Waals surface area (Å²) in [4.78, 5) is 24.1. The van der Waals surface area contributed by atoms with Gasteiger partial charge in [0.15, 0.2) is 0 Å². The number of carbonyl (C=O) groups excluding carboxylic acids is 1. The van der Waals surface area contributed by atoms with E-state index in [1.807, 2.05) is 13.0 Å². The third-order valence-electron chi connectivity index (χ3n) is 2.87. The standard InChI is InChI=1S/C12H17N3O3/c1-2-15(7-3-6-13)12(18)14-10-5-4-9(8-10)11(16)17/h4-5,9-10H,2-3,7-8H2,1H3,(H,14,18)(H,16,17). The van der Waals surface area contributed by atoms with Gasteiger partial charge in [-0.25, -0.2) is 4.79 Å². The smallest absolute Gasteiger partial charge is 0.317 e. The van der Waals surface area contributed by atoms with E-state index in [4.69, 9.17) is 10.4 Å². The first-order chi connectivity index (χ1) is 8.58. The van der Waals surface area contributed by atoms with Crippen LogP contribution in [0, 0.1) is 17.2 Å². The molecule has 0 aromatic rings. The van der Waals surface area contributed by atoms with Crippen molar-refractivity contribution >= 4 is 12.0 Å². The summed E-state index contributed by atoms with van der Waals surface area (Å²) >= 11 is 0. The summed E-state index contributed by atoms with van der Waals surface area (Å²) in [5.41, 5.74) is 0. The number of aliphatic carboxylic acids is 1. The molecule has 6 nitrogen and oxygen atoms in total. The van der Waals surface area contributed by atoms with Crippen LogP contribution in [0.4, 0.5) is 4.79 Å². The number of nitrogens with zero attached hydrogens (tertiary/aromatic N) is 2. The molecular weight excluding hydrogens is 234 g/mol. The number of rotatable bonds is 5. The van der Waals surface area contributed by atoms with Crippen molar-refractivity contribution in [3.8, 4) is 6.07 Å². The quantitative estimate of drug-likeness (QED) is 0.712. The van der Waals surface area contributed by atoms with Crippen molar-refractivity contribution in [3.63, 3.8) is 0 Å². The van der Waals surface area contributed by atoms with Crippen LogP contribution < -0.4 is 5.32 Å². The molecule has 2 unspecified atom stereocenters. The number of carbonyl (C=O) groups is 2. The molecule has 0 heterocycles. The van der Waals surface area contributed by atoms with Crippen LogP contribution in [0.2, 0.25) is 0 Å². The maximum absolute atomic E-state index is 11.8. The molecule has 0 saturated heterocycles. The van der Waals surface area contributed by atoms with Crippen molar-refractivity contribution in [2.45, 2.75) is 25.8 Å². The van der Waals surface area contributed by atoms with Gasteiger partial charge in [-0.1, -0.05) is 12.2 Å². The minimum atomic E-state index is -0.875. The Kier molecular flexibility index (Phi) is 5.18. The van der Waals surface area contributed by atoms with Crippen LogP contribution in [0.15, 0.2) is 12.2 Å². The average Bonchev–Trinajstić information content (AvgIpc) is 2.78. The molecule has 2 amide bonds. The van der Waals surface area contributed by atoms with Gasteiger partial charge in [-0.15, -0.1) is 0 Å². The Morgan fingerprint density at radius 1 is 1.56 bits per heavy atom. The van der Waals surface area contributed by atoms with Crippen molar-refractivity contribution < 1.29 is 14.7 Å². The monoisotopic (exact) mass is 251 g/mol. The van der Waals surface area contributed by atoms with Crippen LogP contribution in [0.5, 0.6) is 0 Å². The van der Waals surface area contributed by atoms with Crippen molar-refractivity contribution in [1.82, 2.24) is 10.2 Å². The zero-order valence-corrected chi connectivity index (χ0v) is 10.3. The molecular formula is C12H17N3O3. The molecule has 0 fully saturated rings. The molecule has 2 atom stereocenters. The second-order valence-electron chi connectivity index (χ2n) is 4.11. The lowest BCUT2D eigenvalue weighted by molar-refractivity contribution is -0.140. The van der Waals surface area contributed by atoms with Gasteiger partial charge in [0.2, 0.25) is 0 Å². The highest BCUT2D eigenvalue weighted by Gasteiger charge is 2.26. The minimum absolute atomic E-state index is 0.241. The predicted molar refractivity (Wildman–Crippen MR) is 64.7 cm³/mol. The van der Waals surface area contributed by atoms with Gasteiger partial charge < -0.3 is 15.3 Å². The Balaban J connectivity index is 2.43. The average molecular weight is 251 g/mol. The number of amides is 2. The molecule has 6 heteroatoms. The molecule has 1 aliphatic carbocycles. The van der Waals surface area contributed by atoms with Crippen LogP contribution in [0.3, 0.4) is 0 Å². The van der Waals surface area contributed by atoms with E-state index in [0.29, 0.717) is 25.9 Å². The zero-order chi connectivity index (χ0) is 13.5. The van der Waals surface area contributed by atoms with Gasteiger partial charge in [0, 0.05) is 13.1 Å². The molecule has 2 N–H and O–H groups in total. The van der Waals surface area contributed by atoms with Crippen molar-refractivity contribution in [2.75, 3.05) is 13.1 Å². The number of hydrogen-bond acceptors (Lipinski definition) is 3. The highest BCUT2D eigenvalue weighted by molar-refractivity contribution is 5.76. The molecule has 0 aromatic carbocycles. The van der Waals surface area contributed by atoms with Crippen LogP contribution in [-0.2, 0) is 4.79 Å². The lowest BCUT2D eigenvalue weighted by atomic mass is 10.1. The van der Waals surface area contributed by atoms with Crippen molar-refractivity contribution in [3.05, 3.63) is 12.2 Å². The Bertz CT molecular complexity index is 387. The molecule has 0 saturated carbocycles.